The average Bonchev–Trinajstić information content (AvgIpc) is 2.37. The number of morpholine rings is 1. The van der Waals surface area contributed by atoms with Gasteiger partial charge in [-0.2, -0.15) is 0 Å². The molecule has 2 heterocycles. The van der Waals surface area contributed by atoms with Crippen LogP contribution >= 0.6 is 0 Å². The third-order valence-electron chi connectivity index (χ3n) is 3.73. The van der Waals surface area contributed by atoms with Crippen molar-refractivity contribution in [2.24, 2.45) is 14.1 Å². The molecule has 2 rings (SSSR count). The van der Waals surface area contributed by atoms with E-state index < -0.39 is 0 Å². The average molecular weight is 267 g/mol. The molecular formula is C13H21N3O3. The van der Waals surface area contributed by atoms with Crippen LogP contribution in [0, 0.1) is 0 Å². The zero-order valence-electron chi connectivity index (χ0n) is 11.9. The van der Waals surface area contributed by atoms with Crippen molar-refractivity contribution in [1.82, 2.24) is 14.0 Å². The van der Waals surface area contributed by atoms with Gasteiger partial charge in [0.25, 0.3) is 5.56 Å². The number of rotatable bonds is 2. The topological polar surface area (TPSA) is 56.5 Å². The van der Waals surface area contributed by atoms with Crippen LogP contribution in [0.1, 0.15) is 19.5 Å². The second kappa shape index (κ2) is 5.30. The molecule has 0 saturated carbocycles. The number of nitrogens with zero attached hydrogens (tertiary/aromatic N) is 3. The van der Waals surface area contributed by atoms with E-state index in [4.69, 9.17) is 4.74 Å². The molecule has 0 radical (unpaired) electrons. The van der Waals surface area contributed by atoms with Crippen LogP contribution in [0.3, 0.4) is 0 Å². The van der Waals surface area contributed by atoms with Crippen molar-refractivity contribution in [2.75, 3.05) is 13.2 Å². The summed E-state index contributed by atoms with van der Waals surface area (Å²) in [6, 6.07) is 1.82. The standard InChI is InChI=1S/C13H21N3O3/c1-9-8-19-10(2)6-16(9)7-11-5-12(17)15(4)13(18)14(11)3/h5,9-10H,6-8H2,1-4H3/t9-,10-/m1/s1. The molecule has 19 heavy (non-hydrogen) atoms. The summed E-state index contributed by atoms with van der Waals surface area (Å²) in [6.45, 7) is 6.20. The van der Waals surface area contributed by atoms with Gasteiger partial charge in [0.05, 0.1) is 12.7 Å². The van der Waals surface area contributed by atoms with Gasteiger partial charge in [-0.1, -0.05) is 0 Å². The van der Waals surface area contributed by atoms with Crippen LogP contribution in [0.2, 0.25) is 0 Å². The van der Waals surface area contributed by atoms with Crippen molar-refractivity contribution < 1.29 is 4.74 Å². The lowest BCUT2D eigenvalue weighted by molar-refractivity contribution is -0.0534. The molecule has 0 aromatic carbocycles. The van der Waals surface area contributed by atoms with Crippen molar-refractivity contribution in [2.45, 2.75) is 32.5 Å². The normalized spacial score (nSPS) is 24.6. The molecule has 1 saturated heterocycles. The van der Waals surface area contributed by atoms with E-state index in [1.54, 1.807) is 7.05 Å². The highest BCUT2D eigenvalue weighted by Gasteiger charge is 2.24. The Hall–Kier alpha value is -1.40. The van der Waals surface area contributed by atoms with Crippen molar-refractivity contribution in [3.8, 4) is 0 Å². The van der Waals surface area contributed by atoms with Crippen molar-refractivity contribution in [3.05, 3.63) is 32.6 Å². The Morgan fingerprint density at radius 2 is 1.95 bits per heavy atom. The summed E-state index contributed by atoms with van der Waals surface area (Å²) in [5, 5.41) is 0. The first-order valence-electron chi connectivity index (χ1n) is 6.51. The van der Waals surface area contributed by atoms with Gasteiger partial charge in [0.1, 0.15) is 0 Å². The molecule has 1 aromatic heterocycles. The lowest BCUT2D eigenvalue weighted by Gasteiger charge is -2.36. The fourth-order valence-corrected chi connectivity index (χ4v) is 2.33. The van der Waals surface area contributed by atoms with Gasteiger partial charge in [-0.3, -0.25) is 18.8 Å². The van der Waals surface area contributed by atoms with Gasteiger partial charge in [0.15, 0.2) is 0 Å². The Bertz CT molecular complexity index is 575. The van der Waals surface area contributed by atoms with Crippen LogP contribution < -0.4 is 11.2 Å². The predicted molar refractivity (Wildman–Crippen MR) is 72.2 cm³/mol. The third kappa shape index (κ3) is 2.79. The number of hydrogen-bond acceptors (Lipinski definition) is 4. The Kier molecular flexibility index (Phi) is 3.91. The minimum absolute atomic E-state index is 0.180. The molecule has 0 N–H and O–H groups in total. The fraction of sp³-hybridized carbons (Fsp3) is 0.692. The highest BCUT2D eigenvalue weighted by atomic mass is 16.5. The molecule has 6 nitrogen and oxygen atoms in total. The Morgan fingerprint density at radius 1 is 1.26 bits per heavy atom. The Balaban J connectivity index is 2.29. The summed E-state index contributed by atoms with van der Waals surface area (Å²) in [5.41, 5.74) is 0.206. The molecular weight excluding hydrogens is 246 g/mol. The van der Waals surface area contributed by atoms with Crippen LogP contribution in [0.4, 0.5) is 0 Å². The molecule has 0 spiro atoms. The molecule has 6 heteroatoms. The van der Waals surface area contributed by atoms with E-state index in [-0.39, 0.29) is 23.4 Å². The smallest absolute Gasteiger partial charge is 0.330 e. The number of hydrogen-bond donors (Lipinski definition) is 0. The van der Waals surface area contributed by atoms with Gasteiger partial charge in [0.2, 0.25) is 0 Å². The first kappa shape index (κ1) is 14.0. The summed E-state index contributed by atoms with van der Waals surface area (Å²) in [6.07, 6.45) is 0.180. The molecule has 0 aliphatic carbocycles. The highest BCUT2D eigenvalue weighted by molar-refractivity contribution is 5.03. The zero-order valence-corrected chi connectivity index (χ0v) is 11.9. The summed E-state index contributed by atoms with van der Waals surface area (Å²) in [4.78, 5) is 25.8. The summed E-state index contributed by atoms with van der Waals surface area (Å²) >= 11 is 0. The maximum absolute atomic E-state index is 11.9. The maximum atomic E-state index is 11.9. The summed E-state index contributed by atoms with van der Waals surface area (Å²) in [5.74, 6) is 0. The lowest BCUT2D eigenvalue weighted by atomic mass is 10.2. The fourth-order valence-electron chi connectivity index (χ4n) is 2.33. The minimum atomic E-state index is -0.281. The van der Waals surface area contributed by atoms with Crippen molar-refractivity contribution >= 4 is 0 Å². The van der Waals surface area contributed by atoms with Gasteiger partial charge >= 0.3 is 5.69 Å². The Morgan fingerprint density at radius 3 is 2.63 bits per heavy atom. The second-order valence-electron chi connectivity index (χ2n) is 5.30. The van der Waals surface area contributed by atoms with Crippen molar-refractivity contribution in [1.29, 1.82) is 0 Å². The van der Waals surface area contributed by atoms with Gasteiger partial charge < -0.3 is 4.74 Å². The van der Waals surface area contributed by atoms with E-state index in [1.807, 2.05) is 6.92 Å². The van der Waals surface area contributed by atoms with Gasteiger partial charge in [-0.25, -0.2) is 4.79 Å². The van der Waals surface area contributed by atoms with Gasteiger partial charge in [-0.15, -0.1) is 0 Å². The number of aromatic nitrogens is 2. The maximum Gasteiger partial charge on any atom is 0.330 e. The van der Waals surface area contributed by atoms with Crippen LogP contribution in [0.25, 0.3) is 0 Å². The molecule has 0 unspecified atom stereocenters. The predicted octanol–water partition coefficient (Wildman–Crippen LogP) is -0.307. The molecule has 1 fully saturated rings. The Labute approximate surface area is 112 Å². The monoisotopic (exact) mass is 267 g/mol. The molecule has 106 valence electrons. The minimum Gasteiger partial charge on any atom is -0.376 e. The van der Waals surface area contributed by atoms with Crippen LogP contribution in [-0.4, -0.2) is 39.3 Å². The zero-order chi connectivity index (χ0) is 14.2. The molecule has 0 bridgehead atoms. The summed E-state index contributed by atoms with van der Waals surface area (Å²) < 4.78 is 8.23. The summed E-state index contributed by atoms with van der Waals surface area (Å²) in [7, 11) is 3.19. The quantitative estimate of drug-likeness (QED) is 0.738. The number of ether oxygens (including phenoxy) is 1. The second-order valence-corrected chi connectivity index (χ2v) is 5.30. The van der Waals surface area contributed by atoms with E-state index in [0.29, 0.717) is 13.2 Å². The van der Waals surface area contributed by atoms with E-state index in [2.05, 4.69) is 11.8 Å². The van der Waals surface area contributed by atoms with Crippen LogP contribution in [0.5, 0.6) is 0 Å². The molecule has 0 amide bonds. The third-order valence-corrected chi connectivity index (χ3v) is 3.73. The van der Waals surface area contributed by atoms with Gasteiger partial charge in [-0.05, 0) is 13.8 Å². The first-order valence-corrected chi connectivity index (χ1v) is 6.51. The first-order chi connectivity index (χ1) is 8.90. The molecule has 1 aliphatic rings. The van der Waals surface area contributed by atoms with Gasteiger partial charge in [0, 0.05) is 45.0 Å². The lowest BCUT2D eigenvalue weighted by Crippen LogP contribution is -2.48. The SMILES string of the molecule is C[C@@H]1CN(Cc2cc(=O)n(C)c(=O)n2C)[C@H](C)CO1. The van der Waals surface area contributed by atoms with E-state index in [0.717, 1.165) is 16.8 Å². The van der Waals surface area contributed by atoms with Crippen LogP contribution in [-0.2, 0) is 25.4 Å². The van der Waals surface area contributed by atoms with E-state index in [9.17, 15) is 9.59 Å². The van der Waals surface area contributed by atoms with Crippen molar-refractivity contribution in [3.63, 3.8) is 0 Å². The van der Waals surface area contributed by atoms with Crippen LogP contribution in [0.15, 0.2) is 15.7 Å². The molecule has 2 atom stereocenters. The van der Waals surface area contributed by atoms with E-state index in [1.165, 1.54) is 17.7 Å². The largest absolute Gasteiger partial charge is 0.376 e. The molecule has 1 aromatic rings. The van der Waals surface area contributed by atoms with E-state index >= 15 is 0 Å². The molecule has 1 aliphatic heterocycles. The highest BCUT2D eigenvalue weighted by Crippen LogP contribution is 2.13.